The van der Waals surface area contributed by atoms with E-state index in [0.717, 1.165) is 31.7 Å². The van der Waals surface area contributed by atoms with Crippen molar-refractivity contribution in [3.8, 4) is 5.75 Å². The number of rotatable bonds is 5. The Kier molecular flexibility index (Phi) is 7.54. The minimum absolute atomic E-state index is 0. The molecule has 1 heterocycles. The Bertz CT molecular complexity index is 428. The number of benzene rings is 1. The lowest BCUT2D eigenvalue weighted by atomic mass is 10.1. The molecule has 21 heavy (non-hydrogen) atoms. The molecule has 4 nitrogen and oxygen atoms in total. The average Bonchev–Trinajstić information content (AvgIpc) is 2.46. The quantitative estimate of drug-likeness (QED) is 0.879. The SMILES string of the molecule is CC(C)COc1ccc(C(=O)N[C@H]2CCCNC2)cc1.Cl. The summed E-state index contributed by atoms with van der Waals surface area (Å²) in [4.78, 5) is 12.1. The van der Waals surface area contributed by atoms with E-state index in [4.69, 9.17) is 4.74 Å². The highest BCUT2D eigenvalue weighted by molar-refractivity contribution is 5.94. The number of halogens is 1. The predicted molar refractivity (Wildman–Crippen MR) is 87.4 cm³/mol. The first-order chi connectivity index (χ1) is 9.65. The third-order valence-electron chi connectivity index (χ3n) is 3.33. The van der Waals surface area contributed by atoms with Gasteiger partial charge in [-0.05, 0) is 49.6 Å². The van der Waals surface area contributed by atoms with E-state index in [0.29, 0.717) is 18.1 Å². The highest BCUT2D eigenvalue weighted by atomic mass is 35.5. The van der Waals surface area contributed by atoms with Gasteiger partial charge >= 0.3 is 0 Å². The monoisotopic (exact) mass is 312 g/mol. The molecule has 5 heteroatoms. The van der Waals surface area contributed by atoms with E-state index in [2.05, 4.69) is 24.5 Å². The topological polar surface area (TPSA) is 50.4 Å². The Morgan fingerprint density at radius 2 is 2.10 bits per heavy atom. The molecule has 0 aromatic heterocycles. The van der Waals surface area contributed by atoms with Gasteiger partial charge in [-0.2, -0.15) is 0 Å². The molecule has 1 aromatic rings. The van der Waals surface area contributed by atoms with E-state index >= 15 is 0 Å². The van der Waals surface area contributed by atoms with Crippen molar-refractivity contribution in [2.24, 2.45) is 5.92 Å². The molecular weight excluding hydrogens is 288 g/mol. The lowest BCUT2D eigenvalue weighted by Crippen LogP contribution is -2.45. The number of carbonyl (C=O) groups excluding carboxylic acids is 1. The summed E-state index contributed by atoms with van der Waals surface area (Å²) in [6, 6.07) is 7.60. The van der Waals surface area contributed by atoms with Crippen molar-refractivity contribution >= 4 is 18.3 Å². The average molecular weight is 313 g/mol. The zero-order valence-corrected chi connectivity index (χ0v) is 13.5. The highest BCUT2D eigenvalue weighted by Gasteiger charge is 2.16. The van der Waals surface area contributed by atoms with Crippen molar-refractivity contribution < 1.29 is 9.53 Å². The predicted octanol–water partition coefficient (Wildman–Crippen LogP) is 2.63. The molecule has 1 aliphatic heterocycles. The zero-order valence-electron chi connectivity index (χ0n) is 12.7. The second kappa shape index (κ2) is 8.90. The number of ether oxygens (including phenoxy) is 1. The van der Waals surface area contributed by atoms with Gasteiger partial charge < -0.3 is 15.4 Å². The summed E-state index contributed by atoms with van der Waals surface area (Å²) in [6.45, 7) is 6.83. The van der Waals surface area contributed by atoms with Gasteiger partial charge in [0.15, 0.2) is 0 Å². The Morgan fingerprint density at radius 3 is 2.67 bits per heavy atom. The van der Waals surface area contributed by atoms with Gasteiger partial charge in [0.2, 0.25) is 0 Å². The third-order valence-corrected chi connectivity index (χ3v) is 3.33. The molecule has 118 valence electrons. The van der Waals surface area contributed by atoms with Crippen LogP contribution >= 0.6 is 12.4 Å². The highest BCUT2D eigenvalue weighted by Crippen LogP contribution is 2.13. The van der Waals surface area contributed by atoms with E-state index in [1.54, 1.807) is 0 Å². The van der Waals surface area contributed by atoms with Crippen molar-refractivity contribution in [3.05, 3.63) is 29.8 Å². The van der Waals surface area contributed by atoms with Crippen molar-refractivity contribution in [2.45, 2.75) is 32.7 Å². The lowest BCUT2D eigenvalue weighted by molar-refractivity contribution is 0.0930. The number of amides is 1. The van der Waals surface area contributed by atoms with Crippen LogP contribution in [0.25, 0.3) is 0 Å². The molecule has 1 fully saturated rings. The maximum absolute atomic E-state index is 12.1. The van der Waals surface area contributed by atoms with Crippen LogP contribution in [0.4, 0.5) is 0 Å². The Balaban J connectivity index is 0.00000220. The minimum Gasteiger partial charge on any atom is -0.493 e. The van der Waals surface area contributed by atoms with E-state index in [1.807, 2.05) is 24.3 Å². The number of hydrogen-bond acceptors (Lipinski definition) is 3. The van der Waals surface area contributed by atoms with Crippen LogP contribution in [0.1, 0.15) is 37.0 Å². The van der Waals surface area contributed by atoms with Crippen LogP contribution in [0, 0.1) is 5.92 Å². The van der Waals surface area contributed by atoms with Crippen molar-refractivity contribution in [1.82, 2.24) is 10.6 Å². The van der Waals surface area contributed by atoms with E-state index < -0.39 is 0 Å². The maximum Gasteiger partial charge on any atom is 0.251 e. The molecule has 0 aliphatic carbocycles. The fourth-order valence-electron chi connectivity index (χ4n) is 2.21. The molecule has 0 bridgehead atoms. The molecule has 1 atom stereocenters. The summed E-state index contributed by atoms with van der Waals surface area (Å²) in [5.74, 6) is 1.31. The number of piperidine rings is 1. The molecule has 1 saturated heterocycles. The largest absolute Gasteiger partial charge is 0.493 e. The fourth-order valence-corrected chi connectivity index (χ4v) is 2.21. The molecule has 0 spiro atoms. The first-order valence-electron chi connectivity index (χ1n) is 7.39. The molecule has 1 amide bonds. The van der Waals surface area contributed by atoms with Gasteiger partial charge in [-0.1, -0.05) is 13.8 Å². The van der Waals surface area contributed by atoms with Crippen LogP contribution in [-0.2, 0) is 0 Å². The Morgan fingerprint density at radius 1 is 1.38 bits per heavy atom. The van der Waals surface area contributed by atoms with E-state index in [-0.39, 0.29) is 24.4 Å². The van der Waals surface area contributed by atoms with E-state index in [1.165, 1.54) is 0 Å². The molecule has 2 N–H and O–H groups in total. The zero-order chi connectivity index (χ0) is 14.4. The summed E-state index contributed by atoms with van der Waals surface area (Å²) in [5.41, 5.74) is 0.687. The first kappa shape index (κ1) is 17.8. The van der Waals surface area contributed by atoms with Gasteiger partial charge in [0.25, 0.3) is 5.91 Å². The normalized spacial score (nSPS) is 18.0. The Labute approximate surface area is 133 Å². The number of carbonyl (C=O) groups is 1. The van der Waals surface area contributed by atoms with Crippen molar-refractivity contribution in [1.29, 1.82) is 0 Å². The molecular formula is C16H25ClN2O2. The van der Waals surface area contributed by atoms with Crippen LogP contribution in [0.2, 0.25) is 0 Å². The summed E-state index contributed by atoms with van der Waals surface area (Å²) < 4.78 is 5.61. The molecule has 1 aliphatic rings. The molecule has 0 unspecified atom stereocenters. The molecule has 0 saturated carbocycles. The third kappa shape index (κ3) is 5.94. The molecule has 1 aromatic carbocycles. The Hall–Kier alpha value is -1.26. The van der Waals surface area contributed by atoms with Crippen molar-refractivity contribution in [3.63, 3.8) is 0 Å². The second-order valence-electron chi connectivity index (χ2n) is 5.75. The van der Waals surface area contributed by atoms with Crippen LogP contribution in [-0.4, -0.2) is 31.6 Å². The second-order valence-corrected chi connectivity index (χ2v) is 5.75. The van der Waals surface area contributed by atoms with Gasteiger partial charge in [0.05, 0.1) is 6.61 Å². The van der Waals surface area contributed by atoms with Crippen LogP contribution < -0.4 is 15.4 Å². The van der Waals surface area contributed by atoms with Gasteiger partial charge in [0.1, 0.15) is 5.75 Å². The number of nitrogens with one attached hydrogen (secondary N) is 2. The summed E-state index contributed by atoms with van der Waals surface area (Å²) >= 11 is 0. The van der Waals surface area contributed by atoms with Crippen LogP contribution in [0.15, 0.2) is 24.3 Å². The maximum atomic E-state index is 12.1. The van der Waals surface area contributed by atoms with Gasteiger partial charge in [0, 0.05) is 18.2 Å². The van der Waals surface area contributed by atoms with Crippen LogP contribution in [0.5, 0.6) is 5.75 Å². The minimum atomic E-state index is -0.00545. The first-order valence-corrected chi connectivity index (χ1v) is 7.39. The van der Waals surface area contributed by atoms with Crippen molar-refractivity contribution in [2.75, 3.05) is 19.7 Å². The lowest BCUT2D eigenvalue weighted by Gasteiger charge is -2.23. The molecule has 2 rings (SSSR count). The molecule has 0 radical (unpaired) electrons. The summed E-state index contributed by atoms with van der Waals surface area (Å²) in [7, 11) is 0. The van der Waals surface area contributed by atoms with Crippen LogP contribution in [0.3, 0.4) is 0 Å². The smallest absolute Gasteiger partial charge is 0.251 e. The van der Waals surface area contributed by atoms with Gasteiger partial charge in [-0.3, -0.25) is 4.79 Å². The van der Waals surface area contributed by atoms with Gasteiger partial charge in [-0.25, -0.2) is 0 Å². The fraction of sp³-hybridized carbons (Fsp3) is 0.562. The number of hydrogen-bond donors (Lipinski definition) is 2. The van der Waals surface area contributed by atoms with Gasteiger partial charge in [-0.15, -0.1) is 12.4 Å². The summed E-state index contributed by atoms with van der Waals surface area (Å²) in [5, 5.41) is 6.36. The standard InChI is InChI=1S/C16H24N2O2.ClH/c1-12(2)11-20-15-7-5-13(6-8-15)16(19)18-14-4-3-9-17-10-14;/h5-8,12,14,17H,3-4,9-11H2,1-2H3,(H,18,19);1H/t14-;/m0./s1. The summed E-state index contributed by atoms with van der Waals surface area (Å²) in [6.07, 6.45) is 2.17. The van der Waals surface area contributed by atoms with E-state index in [9.17, 15) is 4.79 Å².